The Kier molecular flexibility index (Phi) is 25.3. The van der Waals surface area contributed by atoms with Gasteiger partial charge in [-0.25, -0.2) is 0 Å². The second-order valence-electron chi connectivity index (χ2n) is 23.6. The van der Waals surface area contributed by atoms with Gasteiger partial charge in [0.2, 0.25) is 0 Å². The molecule has 0 radical (unpaired) electrons. The van der Waals surface area contributed by atoms with Crippen LogP contribution in [0.25, 0.3) is 78.5 Å². The number of unbranched alkanes of at least 4 members (excludes halogenated alkanes) is 3. The minimum Gasteiger partial charge on any atom is -0.497 e. The third-order valence-corrected chi connectivity index (χ3v) is 33.8. The van der Waals surface area contributed by atoms with E-state index in [2.05, 4.69) is 131 Å². The van der Waals surface area contributed by atoms with Crippen LogP contribution < -0.4 is 17.9 Å². The smallest absolute Gasteiger partial charge is 0.119 e. The second-order valence-corrected chi connectivity index (χ2v) is 37.3. The SMILES string of the molecule is CC/C=C\c1c(C#N)c2ccccc2n1-c1ccc(O)cc1.CC/C=C\c1c(C#N)c2ccccc2n1-c1ccc(OC)cc1.CCC[CH2][Sn]([CH2]CCC)([CH2]CCC)[c]1c(C#N)c2ccccc2n1-c1ccc(OC)cc1.COc1ccc(-n2c(Br)c(C#N)c3ccccc32)cc1. The van der Waals surface area contributed by atoms with E-state index in [4.69, 9.17) is 14.2 Å². The molecule has 0 aliphatic heterocycles. The number of hydrogen-bond donors (Lipinski definition) is 1. The van der Waals surface area contributed by atoms with E-state index in [9.17, 15) is 26.2 Å². The van der Waals surface area contributed by atoms with Crippen molar-refractivity contribution in [3.63, 3.8) is 0 Å². The van der Waals surface area contributed by atoms with Crippen LogP contribution in [0.5, 0.6) is 23.0 Å². The molecular formula is C83H83BrN8O4Sn. The van der Waals surface area contributed by atoms with Gasteiger partial charge in [-0.3, -0.25) is 0 Å². The first-order chi connectivity index (χ1) is 47.5. The largest absolute Gasteiger partial charge is 0.497 e. The van der Waals surface area contributed by atoms with Crippen molar-refractivity contribution in [3.05, 3.63) is 245 Å². The number of nitriles is 4. The molecule has 8 aromatic carbocycles. The van der Waals surface area contributed by atoms with E-state index in [1.54, 1.807) is 33.5 Å². The number of phenols is 1. The summed E-state index contributed by atoms with van der Waals surface area (Å²) in [5, 5.41) is 52.5. The maximum Gasteiger partial charge on any atom is 0.119 e. The van der Waals surface area contributed by atoms with Crippen molar-refractivity contribution in [1.29, 1.82) is 21.0 Å². The second kappa shape index (κ2) is 34.5. The van der Waals surface area contributed by atoms with Crippen LogP contribution in [-0.4, -0.2) is 63.1 Å². The maximum absolute atomic E-state index is 10.4. The van der Waals surface area contributed by atoms with Gasteiger partial charge in [0.15, 0.2) is 0 Å². The maximum atomic E-state index is 10.4. The Labute approximate surface area is 583 Å². The fourth-order valence-corrected chi connectivity index (χ4v) is 30.7. The molecule has 0 saturated heterocycles. The van der Waals surface area contributed by atoms with Crippen molar-refractivity contribution in [2.24, 2.45) is 0 Å². The van der Waals surface area contributed by atoms with Crippen molar-refractivity contribution in [2.45, 2.75) is 99.3 Å². The van der Waals surface area contributed by atoms with Crippen LogP contribution >= 0.6 is 15.9 Å². The third kappa shape index (κ3) is 15.6. The van der Waals surface area contributed by atoms with Gasteiger partial charge in [-0.2, -0.15) is 15.8 Å². The number of ether oxygens (including phenoxy) is 3. The molecule has 0 atom stereocenters. The van der Waals surface area contributed by atoms with Gasteiger partial charge >= 0.3 is 199 Å². The quantitative estimate of drug-likeness (QED) is 0.0695. The van der Waals surface area contributed by atoms with Gasteiger partial charge in [0.25, 0.3) is 0 Å². The van der Waals surface area contributed by atoms with Gasteiger partial charge in [-0.15, -0.1) is 0 Å². The van der Waals surface area contributed by atoms with Crippen LogP contribution in [0.2, 0.25) is 13.3 Å². The molecule has 4 aromatic heterocycles. The summed E-state index contributed by atoms with van der Waals surface area (Å²) >= 11 is 0.625. The van der Waals surface area contributed by atoms with Crippen molar-refractivity contribution < 1.29 is 19.3 Å². The van der Waals surface area contributed by atoms with Crippen LogP contribution in [0.1, 0.15) is 120 Å². The molecule has 0 saturated carbocycles. The predicted octanol–water partition coefficient (Wildman–Crippen LogP) is 21.4. The molecule has 0 unspecified atom stereocenters. The molecule has 0 bridgehead atoms. The standard InChI is InChI=1S/C20H18N2O.C19H16N2O.C16H11BrN2O.C16H11N2O.3C4H9.Sn/c1-3-4-8-20-18(14-21)17-7-5-6-9-19(17)22(20)15-10-12-16(23-2)13-11-15;1-2-3-7-19-17(13-20)16-6-4-5-8-18(16)21(19)14-9-11-15(22)12-10-14;1-20-12-8-6-11(7-9-12)19-15-5-3-2-4-13(15)14(10-18)16(19)17;1-19-14-8-6-13(7-9-14)18-11-12(10-17)15-4-2-3-5-16(15)18;3*1-3-4-2;/h4-13H,3H2,1-2H3;3-12,22H,2H2,1H3;2-9H,1H3;2-9H,1H3;3*1,3-4H2,2H3;/b8-4-;7-3-;;;;;;. The molecule has 4 heterocycles. The number of methoxy groups -OCH3 is 3. The van der Waals surface area contributed by atoms with E-state index in [0.717, 1.165) is 112 Å². The monoisotopic (exact) mass is 1450 g/mol. The molecule has 12 rings (SSSR count). The van der Waals surface area contributed by atoms with Gasteiger partial charge in [0.05, 0.1) is 58.8 Å². The number of benzene rings is 8. The van der Waals surface area contributed by atoms with E-state index < -0.39 is 18.4 Å². The number of halogens is 1. The van der Waals surface area contributed by atoms with Crippen LogP contribution in [0, 0.1) is 45.3 Å². The minimum atomic E-state index is -2.91. The zero-order valence-corrected chi connectivity index (χ0v) is 61.1. The summed E-state index contributed by atoms with van der Waals surface area (Å²) in [6.45, 7) is 11.1. The molecule has 0 fully saturated rings. The Balaban J connectivity index is 0.000000154. The predicted molar refractivity (Wildman–Crippen MR) is 404 cm³/mol. The number of aromatic nitrogens is 4. The Morgan fingerprint density at radius 2 is 0.691 bits per heavy atom. The molecule has 490 valence electrons. The summed E-state index contributed by atoms with van der Waals surface area (Å²) < 4.78 is 30.7. The fourth-order valence-electron chi connectivity index (χ4n) is 12.8. The summed E-state index contributed by atoms with van der Waals surface area (Å²) in [5.74, 6) is 2.72. The van der Waals surface area contributed by atoms with Crippen LogP contribution in [-0.2, 0) is 0 Å². The molecule has 14 heteroatoms. The van der Waals surface area contributed by atoms with Crippen molar-refractivity contribution in [2.75, 3.05) is 21.3 Å². The number of aromatic hydroxyl groups is 1. The Bertz CT molecular complexity index is 4850. The zero-order valence-electron chi connectivity index (χ0n) is 56.7. The molecular weight excluding hydrogens is 1370 g/mol. The summed E-state index contributed by atoms with van der Waals surface area (Å²) in [6, 6.07) is 73.0. The summed E-state index contributed by atoms with van der Waals surface area (Å²) in [5.41, 5.74) is 13.0. The fraction of sp³-hybridized carbons (Fsp3) is 0.229. The minimum absolute atomic E-state index is 0.228. The van der Waals surface area contributed by atoms with Crippen molar-refractivity contribution in [3.8, 4) is 70.0 Å². The van der Waals surface area contributed by atoms with Gasteiger partial charge in [0.1, 0.15) is 40.1 Å². The molecule has 1 N–H and O–H groups in total. The average Bonchev–Trinajstić information content (AvgIpc) is 1.61. The number of hydrogen-bond acceptors (Lipinski definition) is 8. The first kappa shape index (κ1) is 71.1. The van der Waals surface area contributed by atoms with Gasteiger partial charge in [-0.1, -0.05) is 80.6 Å². The zero-order chi connectivity index (χ0) is 68.8. The molecule has 97 heavy (non-hydrogen) atoms. The van der Waals surface area contributed by atoms with Crippen molar-refractivity contribution in [1.82, 2.24) is 18.3 Å². The van der Waals surface area contributed by atoms with E-state index in [0.29, 0.717) is 16.7 Å². The van der Waals surface area contributed by atoms with Gasteiger partial charge in [-0.05, 0) is 132 Å². The number of phenolic OH excluding ortho intramolecular Hbond substituents is 1. The first-order valence-corrected chi connectivity index (χ1v) is 41.6. The molecule has 0 amide bonds. The Hall–Kier alpha value is -10.2. The molecule has 0 spiro atoms. The number of allylic oxidation sites excluding steroid dienone is 2. The Morgan fingerprint density at radius 1 is 0.392 bits per heavy atom. The molecule has 0 aliphatic rings. The Morgan fingerprint density at radius 3 is 1.03 bits per heavy atom. The average molecular weight is 1460 g/mol. The topological polar surface area (TPSA) is 163 Å². The summed E-state index contributed by atoms with van der Waals surface area (Å²) in [4.78, 5) is 0. The van der Waals surface area contributed by atoms with Crippen molar-refractivity contribution >= 4 is 93.8 Å². The van der Waals surface area contributed by atoms with Crippen LogP contribution in [0.4, 0.5) is 0 Å². The number of fused-ring (bicyclic) bond motifs is 4. The summed E-state index contributed by atoms with van der Waals surface area (Å²) in [7, 11) is 5.01. The first-order valence-electron chi connectivity index (χ1n) is 33.3. The molecule has 0 aliphatic carbocycles. The van der Waals surface area contributed by atoms with Crippen LogP contribution in [0.15, 0.2) is 211 Å². The van der Waals surface area contributed by atoms with E-state index in [-0.39, 0.29) is 5.75 Å². The number of nitrogens with zero attached hydrogens (tertiary/aromatic N) is 8. The normalized spacial score (nSPS) is 11.1. The third-order valence-electron chi connectivity index (χ3n) is 17.6. The van der Waals surface area contributed by atoms with E-state index in [1.807, 2.05) is 168 Å². The summed E-state index contributed by atoms with van der Waals surface area (Å²) in [6.07, 6.45) is 17.5. The van der Waals surface area contributed by atoms with Crippen LogP contribution in [0.3, 0.4) is 0 Å². The molecule has 12 aromatic rings. The number of para-hydroxylation sites is 4. The van der Waals surface area contributed by atoms with Gasteiger partial charge < -0.3 is 28.3 Å². The van der Waals surface area contributed by atoms with E-state index in [1.165, 1.54) is 61.1 Å². The molecule has 12 nitrogen and oxygen atoms in total. The van der Waals surface area contributed by atoms with Gasteiger partial charge in [0, 0.05) is 33.2 Å². The van der Waals surface area contributed by atoms with E-state index >= 15 is 0 Å². The number of rotatable bonds is 21.